The number of nitrogens with zero attached hydrogens (tertiary/aromatic N) is 1. The van der Waals surface area contributed by atoms with Crippen molar-refractivity contribution < 1.29 is 14.3 Å². The molecule has 1 fully saturated rings. The maximum Gasteiger partial charge on any atom is 0.313 e. The lowest BCUT2D eigenvalue weighted by Crippen LogP contribution is -2.35. The number of rotatable bonds is 2. The molecule has 1 saturated heterocycles. The molecule has 20 heavy (non-hydrogen) atoms. The molecule has 1 amide bonds. The number of hydrogen-bond donors (Lipinski definition) is 0. The summed E-state index contributed by atoms with van der Waals surface area (Å²) in [4.78, 5) is 26.1. The van der Waals surface area contributed by atoms with Gasteiger partial charge in [-0.3, -0.25) is 9.59 Å². The molecule has 0 radical (unpaired) electrons. The Balaban J connectivity index is 2.20. The van der Waals surface area contributed by atoms with Crippen LogP contribution in [0.4, 0.5) is 0 Å². The highest BCUT2D eigenvalue weighted by molar-refractivity contribution is 5.96. The number of hydrogen-bond acceptors (Lipinski definition) is 3. The van der Waals surface area contributed by atoms with Crippen LogP contribution < -0.4 is 0 Å². The second-order valence-electron chi connectivity index (χ2n) is 5.78. The van der Waals surface area contributed by atoms with Crippen LogP contribution in [0.2, 0.25) is 0 Å². The topological polar surface area (TPSA) is 46.6 Å². The quantitative estimate of drug-likeness (QED) is 0.778. The van der Waals surface area contributed by atoms with Crippen molar-refractivity contribution in [3.05, 3.63) is 34.9 Å². The molecule has 0 spiro atoms. The third-order valence-corrected chi connectivity index (χ3v) is 4.27. The number of aryl methyl sites for hydroxylation is 1. The summed E-state index contributed by atoms with van der Waals surface area (Å²) in [6.07, 6.45) is 0.649. The molecule has 1 heterocycles. The molecule has 4 heteroatoms. The summed E-state index contributed by atoms with van der Waals surface area (Å²) < 4.78 is 4.84. The Morgan fingerprint density at radius 1 is 1.30 bits per heavy atom. The van der Waals surface area contributed by atoms with Crippen molar-refractivity contribution in [1.29, 1.82) is 0 Å². The van der Waals surface area contributed by atoms with E-state index in [0.29, 0.717) is 19.5 Å². The van der Waals surface area contributed by atoms with Gasteiger partial charge in [-0.2, -0.15) is 0 Å². The molecule has 0 saturated carbocycles. The van der Waals surface area contributed by atoms with Gasteiger partial charge in [-0.25, -0.2) is 0 Å². The van der Waals surface area contributed by atoms with E-state index in [-0.39, 0.29) is 11.9 Å². The third-order valence-electron chi connectivity index (χ3n) is 4.27. The standard InChI is InChI=1S/C16H21NO3/c1-11-6-5-7-13(12(11)2)14(18)17-9-8-16(3,10-17)15(19)20-4/h5-7H,8-10H2,1-4H3. The number of methoxy groups -OCH3 is 1. The number of benzene rings is 1. The molecule has 0 N–H and O–H groups in total. The molecule has 4 nitrogen and oxygen atoms in total. The molecule has 1 unspecified atom stereocenters. The number of carbonyl (C=O) groups is 2. The van der Waals surface area contributed by atoms with E-state index in [0.717, 1.165) is 16.7 Å². The summed E-state index contributed by atoms with van der Waals surface area (Å²) >= 11 is 0. The fourth-order valence-corrected chi connectivity index (χ4v) is 2.70. The van der Waals surface area contributed by atoms with Crippen molar-refractivity contribution in [3.63, 3.8) is 0 Å². The molecule has 1 aliphatic heterocycles. The van der Waals surface area contributed by atoms with E-state index in [2.05, 4.69) is 0 Å². The Morgan fingerprint density at radius 3 is 2.65 bits per heavy atom. The third kappa shape index (κ3) is 2.42. The second-order valence-corrected chi connectivity index (χ2v) is 5.78. The number of carbonyl (C=O) groups excluding carboxylic acids is 2. The van der Waals surface area contributed by atoms with Crippen LogP contribution in [0.15, 0.2) is 18.2 Å². The SMILES string of the molecule is COC(=O)C1(C)CCN(C(=O)c2cccc(C)c2C)C1. The first-order chi connectivity index (χ1) is 9.39. The summed E-state index contributed by atoms with van der Waals surface area (Å²) in [6, 6.07) is 5.73. The summed E-state index contributed by atoms with van der Waals surface area (Å²) in [7, 11) is 1.39. The van der Waals surface area contributed by atoms with Crippen molar-refractivity contribution in [1.82, 2.24) is 4.90 Å². The van der Waals surface area contributed by atoms with Crippen LogP contribution in [0.5, 0.6) is 0 Å². The van der Waals surface area contributed by atoms with Crippen molar-refractivity contribution in [2.24, 2.45) is 5.41 Å². The van der Waals surface area contributed by atoms with Gasteiger partial charge in [-0.05, 0) is 44.4 Å². The van der Waals surface area contributed by atoms with Gasteiger partial charge < -0.3 is 9.64 Å². The zero-order valence-electron chi connectivity index (χ0n) is 12.5. The zero-order valence-corrected chi connectivity index (χ0v) is 12.5. The van der Waals surface area contributed by atoms with Crippen LogP contribution in [0, 0.1) is 19.3 Å². The Morgan fingerprint density at radius 2 is 2.00 bits per heavy atom. The fraction of sp³-hybridized carbons (Fsp3) is 0.500. The number of ether oxygens (including phenoxy) is 1. The highest BCUT2D eigenvalue weighted by Gasteiger charge is 2.43. The monoisotopic (exact) mass is 275 g/mol. The number of amides is 1. The van der Waals surface area contributed by atoms with Gasteiger partial charge in [0.2, 0.25) is 0 Å². The summed E-state index contributed by atoms with van der Waals surface area (Å²) in [5.74, 6) is -0.243. The van der Waals surface area contributed by atoms with E-state index in [4.69, 9.17) is 4.74 Å². The van der Waals surface area contributed by atoms with E-state index >= 15 is 0 Å². The smallest absolute Gasteiger partial charge is 0.313 e. The van der Waals surface area contributed by atoms with Crippen molar-refractivity contribution in [3.8, 4) is 0 Å². The summed E-state index contributed by atoms with van der Waals surface area (Å²) in [6.45, 7) is 6.83. The summed E-state index contributed by atoms with van der Waals surface area (Å²) in [5.41, 5.74) is 2.25. The normalized spacial score (nSPS) is 21.9. The lowest BCUT2D eigenvalue weighted by molar-refractivity contribution is -0.150. The molecule has 1 aromatic carbocycles. The largest absolute Gasteiger partial charge is 0.469 e. The van der Waals surface area contributed by atoms with Gasteiger partial charge in [-0.15, -0.1) is 0 Å². The second kappa shape index (κ2) is 5.27. The highest BCUT2D eigenvalue weighted by Crippen LogP contribution is 2.32. The first-order valence-corrected chi connectivity index (χ1v) is 6.83. The minimum Gasteiger partial charge on any atom is -0.469 e. The molecule has 0 bridgehead atoms. The molecule has 108 valence electrons. The Bertz CT molecular complexity index is 553. The Hall–Kier alpha value is -1.84. The molecule has 1 atom stereocenters. The molecule has 1 aliphatic rings. The van der Waals surface area contributed by atoms with Gasteiger partial charge in [0.25, 0.3) is 5.91 Å². The minimum absolute atomic E-state index is 0.00109. The van der Waals surface area contributed by atoms with E-state index in [9.17, 15) is 9.59 Å². The van der Waals surface area contributed by atoms with Crippen LogP contribution in [-0.4, -0.2) is 37.0 Å². The van der Waals surface area contributed by atoms with E-state index < -0.39 is 5.41 Å². The predicted octanol–water partition coefficient (Wildman–Crippen LogP) is 2.33. The van der Waals surface area contributed by atoms with E-state index in [1.165, 1.54) is 7.11 Å². The summed E-state index contributed by atoms with van der Waals surface area (Å²) in [5, 5.41) is 0. The van der Waals surface area contributed by atoms with Crippen LogP contribution >= 0.6 is 0 Å². The fourth-order valence-electron chi connectivity index (χ4n) is 2.70. The van der Waals surface area contributed by atoms with Gasteiger partial charge in [-0.1, -0.05) is 12.1 Å². The molecule has 0 aromatic heterocycles. The van der Waals surface area contributed by atoms with Crippen molar-refractivity contribution >= 4 is 11.9 Å². The van der Waals surface area contributed by atoms with E-state index in [1.54, 1.807) is 4.90 Å². The molecular weight excluding hydrogens is 254 g/mol. The van der Waals surface area contributed by atoms with Crippen LogP contribution in [-0.2, 0) is 9.53 Å². The van der Waals surface area contributed by atoms with Crippen molar-refractivity contribution in [2.75, 3.05) is 20.2 Å². The molecule has 1 aromatic rings. The number of esters is 1. The van der Waals surface area contributed by atoms with Crippen LogP contribution in [0.25, 0.3) is 0 Å². The predicted molar refractivity (Wildman–Crippen MR) is 76.6 cm³/mol. The lowest BCUT2D eigenvalue weighted by Gasteiger charge is -2.22. The van der Waals surface area contributed by atoms with Gasteiger partial charge in [0, 0.05) is 18.7 Å². The van der Waals surface area contributed by atoms with Crippen molar-refractivity contribution in [2.45, 2.75) is 27.2 Å². The van der Waals surface area contributed by atoms with Gasteiger partial charge in [0.1, 0.15) is 0 Å². The molecular formula is C16H21NO3. The number of likely N-dealkylation sites (tertiary alicyclic amines) is 1. The first kappa shape index (κ1) is 14.6. The van der Waals surface area contributed by atoms with Gasteiger partial charge >= 0.3 is 5.97 Å². The van der Waals surface area contributed by atoms with Gasteiger partial charge in [0.15, 0.2) is 0 Å². The molecule has 0 aliphatic carbocycles. The van der Waals surface area contributed by atoms with Gasteiger partial charge in [0.05, 0.1) is 12.5 Å². The van der Waals surface area contributed by atoms with E-state index in [1.807, 2.05) is 39.0 Å². The average Bonchev–Trinajstić information content (AvgIpc) is 2.84. The Labute approximate surface area is 119 Å². The minimum atomic E-state index is -0.581. The highest BCUT2D eigenvalue weighted by atomic mass is 16.5. The Kier molecular flexibility index (Phi) is 3.84. The average molecular weight is 275 g/mol. The van der Waals surface area contributed by atoms with Crippen LogP contribution in [0.3, 0.4) is 0 Å². The molecule has 2 rings (SSSR count). The maximum atomic E-state index is 12.6. The lowest BCUT2D eigenvalue weighted by atomic mass is 9.90. The van der Waals surface area contributed by atoms with Crippen LogP contribution in [0.1, 0.15) is 34.8 Å². The first-order valence-electron chi connectivity index (χ1n) is 6.83. The maximum absolute atomic E-state index is 12.6. The zero-order chi connectivity index (χ0) is 14.9.